The zero-order chi connectivity index (χ0) is 23.3. The van der Waals surface area contributed by atoms with E-state index in [1.165, 1.54) is 6.08 Å². The number of para-hydroxylation sites is 2. The number of piperazine rings is 1. The van der Waals surface area contributed by atoms with Crippen LogP contribution in [0.15, 0.2) is 51.4 Å². The molecule has 1 N–H and O–H groups in total. The molecule has 0 aromatic heterocycles. The highest BCUT2D eigenvalue weighted by molar-refractivity contribution is 9.11. The third-order valence-electron chi connectivity index (χ3n) is 5.24. The minimum Gasteiger partial charge on any atom is -0.495 e. The van der Waals surface area contributed by atoms with Gasteiger partial charge in [-0.25, -0.2) is 0 Å². The standard InChI is InChI=1S/C24H27Br2N3O3/c1-16(2)24(31)29-12-10-28(11-13-29)21-7-5-4-6-20(21)27-22(30)9-8-17-14-18(25)15-19(26)23(17)32-3/h4-9,14-16H,10-13H2,1-3H3,(H,27,30)/b9-8+. The largest absolute Gasteiger partial charge is 0.495 e. The Morgan fingerprint density at radius 2 is 1.78 bits per heavy atom. The summed E-state index contributed by atoms with van der Waals surface area (Å²) in [7, 11) is 1.59. The minimum absolute atomic E-state index is 0.00407. The smallest absolute Gasteiger partial charge is 0.248 e. The number of halogens is 2. The van der Waals surface area contributed by atoms with Crippen LogP contribution in [0.3, 0.4) is 0 Å². The van der Waals surface area contributed by atoms with Crippen molar-refractivity contribution in [1.29, 1.82) is 0 Å². The van der Waals surface area contributed by atoms with E-state index in [2.05, 4.69) is 42.1 Å². The lowest BCUT2D eigenvalue weighted by atomic mass is 10.1. The zero-order valence-electron chi connectivity index (χ0n) is 18.4. The Kier molecular flexibility index (Phi) is 8.37. The van der Waals surface area contributed by atoms with Gasteiger partial charge in [0.05, 0.1) is 23.0 Å². The van der Waals surface area contributed by atoms with Crippen LogP contribution in [-0.2, 0) is 9.59 Å². The molecule has 1 fully saturated rings. The Morgan fingerprint density at radius 3 is 2.44 bits per heavy atom. The first-order valence-corrected chi connectivity index (χ1v) is 12.0. The summed E-state index contributed by atoms with van der Waals surface area (Å²) in [5.41, 5.74) is 2.48. The third-order valence-corrected chi connectivity index (χ3v) is 6.29. The summed E-state index contributed by atoms with van der Waals surface area (Å²) in [6.45, 7) is 6.66. The zero-order valence-corrected chi connectivity index (χ0v) is 21.6. The van der Waals surface area contributed by atoms with Crippen LogP contribution in [0.1, 0.15) is 19.4 Å². The topological polar surface area (TPSA) is 61.9 Å². The second kappa shape index (κ2) is 11.0. The van der Waals surface area contributed by atoms with Crippen LogP contribution in [0.2, 0.25) is 0 Å². The number of nitrogens with one attached hydrogen (secondary N) is 1. The third kappa shape index (κ3) is 5.92. The van der Waals surface area contributed by atoms with E-state index in [9.17, 15) is 9.59 Å². The molecule has 8 heteroatoms. The molecule has 0 aliphatic carbocycles. The van der Waals surface area contributed by atoms with E-state index in [1.807, 2.05) is 55.1 Å². The van der Waals surface area contributed by atoms with Crippen molar-refractivity contribution < 1.29 is 14.3 Å². The lowest BCUT2D eigenvalue weighted by Crippen LogP contribution is -2.50. The van der Waals surface area contributed by atoms with E-state index in [4.69, 9.17) is 4.74 Å². The van der Waals surface area contributed by atoms with Crippen molar-refractivity contribution in [3.8, 4) is 5.75 Å². The number of hydrogen-bond donors (Lipinski definition) is 1. The Morgan fingerprint density at radius 1 is 1.09 bits per heavy atom. The van der Waals surface area contributed by atoms with Crippen molar-refractivity contribution in [2.45, 2.75) is 13.8 Å². The van der Waals surface area contributed by atoms with Crippen LogP contribution in [0.5, 0.6) is 5.75 Å². The molecule has 2 aromatic carbocycles. The van der Waals surface area contributed by atoms with Crippen molar-refractivity contribution in [3.63, 3.8) is 0 Å². The van der Waals surface area contributed by atoms with Crippen LogP contribution in [0.4, 0.5) is 11.4 Å². The van der Waals surface area contributed by atoms with Gasteiger partial charge >= 0.3 is 0 Å². The summed E-state index contributed by atoms with van der Waals surface area (Å²) in [4.78, 5) is 29.0. The van der Waals surface area contributed by atoms with Crippen molar-refractivity contribution >= 4 is 61.1 Å². The number of carbonyl (C=O) groups excluding carboxylic acids is 2. The highest BCUT2D eigenvalue weighted by Gasteiger charge is 2.24. The monoisotopic (exact) mass is 563 g/mol. The molecule has 1 heterocycles. The van der Waals surface area contributed by atoms with Gasteiger partial charge in [0.1, 0.15) is 5.75 Å². The summed E-state index contributed by atoms with van der Waals surface area (Å²) in [5.74, 6) is 0.617. The molecule has 1 saturated heterocycles. The number of carbonyl (C=O) groups is 2. The lowest BCUT2D eigenvalue weighted by Gasteiger charge is -2.37. The van der Waals surface area contributed by atoms with Crippen molar-refractivity contribution in [1.82, 2.24) is 4.90 Å². The van der Waals surface area contributed by atoms with Gasteiger partial charge in [-0.3, -0.25) is 9.59 Å². The number of methoxy groups -OCH3 is 1. The predicted molar refractivity (Wildman–Crippen MR) is 136 cm³/mol. The number of rotatable bonds is 6. The number of nitrogens with zero attached hydrogens (tertiary/aromatic N) is 2. The molecule has 0 saturated carbocycles. The molecule has 0 radical (unpaired) electrons. The van der Waals surface area contributed by atoms with Crippen LogP contribution >= 0.6 is 31.9 Å². The van der Waals surface area contributed by atoms with Crippen molar-refractivity contribution in [2.24, 2.45) is 5.92 Å². The predicted octanol–water partition coefficient (Wildman–Crippen LogP) is 5.18. The van der Waals surface area contributed by atoms with Crippen LogP contribution < -0.4 is 15.0 Å². The molecule has 2 aromatic rings. The molecule has 6 nitrogen and oxygen atoms in total. The Balaban J connectivity index is 1.70. The second-order valence-electron chi connectivity index (χ2n) is 7.82. The second-order valence-corrected chi connectivity index (χ2v) is 9.59. The van der Waals surface area contributed by atoms with Crippen LogP contribution in [0.25, 0.3) is 6.08 Å². The maximum absolute atomic E-state index is 12.7. The Hall–Kier alpha value is -2.32. The van der Waals surface area contributed by atoms with Gasteiger partial charge < -0.3 is 19.9 Å². The number of anilines is 2. The van der Waals surface area contributed by atoms with Crippen molar-refractivity contribution in [3.05, 3.63) is 57.0 Å². The maximum atomic E-state index is 12.7. The first-order valence-electron chi connectivity index (χ1n) is 10.4. The molecule has 3 rings (SSSR count). The van der Waals surface area contributed by atoms with Crippen LogP contribution in [0, 0.1) is 5.92 Å². The van der Waals surface area contributed by atoms with Gasteiger partial charge in [0.2, 0.25) is 11.8 Å². The molecule has 170 valence electrons. The summed E-state index contributed by atoms with van der Waals surface area (Å²) in [6.07, 6.45) is 3.22. The van der Waals surface area contributed by atoms with Crippen LogP contribution in [-0.4, -0.2) is 50.0 Å². The molecular formula is C24H27Br2N3O3. The molecule has 1 aliphatic rings. The molecule has 0 bridgehead atoms. The van der Waals surface area contributed by atoms with E-state index in [0.29, 0.717) is 18.8 Å². The summed E-state index contributed by atoms with van der Waals surface area (Å²) >= 11 is 6.94. The molecule has 0 atom stereocenters. The van der Waals surface area contributed by atoms with Crippen molar-refractivity contribution in [2.75, 3.05) is 43.5 Å². The average molecular weight is 565 g/mol. The first kappa shape index (κ1) is 24.3. The normalized spacial score (nSPS) is 14.2. The van der Waals surface area contributed by atoms with Gasteiger partial charge in [-0.2, -0.15) is 0 Å². The van der Waals surface area contributed by atoms with E-state index >= 15 is 0 Å². The fourth-order valence-electron chi connectivity index (χ4n) is 3.65. The first-order chi connectivity index (χ1) is 15.3. The van der Waals surface area contributed by atoms with E-state index in [1.54, 1.807) is 13.2 Å². The minimum atomic E-state index is -0.232. The van der Waals surface area contributed by atoms with E-state index in [0.717, 1.165) is 39.0 Å². The molecule has 32 heavy (non-hydrogen) atoms. The highest BCUT2D eigenvalue weighted by Crippen LogP contribution is 2.33. The molecule has 1 aliphatic heterocycles. The SMILES string of the molecule is COc1c(Br)cc(Br)cc1/C=C/C(=O)Nc1ccccc1N1CCN(C(=O)C(C)C)CC1. The number of hydrogen-bond acceptors (Lipinski definition) is 4. The van der Waals surface area contributed by atoms with Gasteiger partial charge in [0.15, 0.2) is 0 Å². The fourth-order valence-corrected chi connectivity index (χ4v) is 5.07. The summed E-state index contributed by atoms with van der Waals surface area (Å²) in [6, 6.07) is 11.5. The average Bonchev–Trinajstić information content (AvgIpc) is 2.77. The van der Waals surface area contributed by atoms with E-state index < -0.39 is 0 Å². The molecule has 2 amide bonds. The van der Waals surface area contributed by atoms with Gasteiger partial charge in [-0.05, 0) is 46.3 Å². The molecular weight excluding hydrogens is 538 g/mol. The van der Waals surface area contributed by atoms with Gasteiger partial charge in [0, 0.05) is 48.2 Å². The molecule has 0 unspecified atom stereocenters. The van der Waals surface area contributed by atoms with Gasteiger partial charge in [-0.1, -0.05) is 41.9 Å². The summed E-state index contributed by atoms with van der Waals surface area (Å²) < 4.78 is 7.12. The quantitative estimate of drug-likeness (QED) is 0.491. The van der Waals surface area contributed by atoms with Gasteiger partial charge in [0.25, 0.3) is 0 Å². The fraction of sp³-hybridized carbons (Fsp3) is 0.333. The highest BCUT2D eigenvalue weighted by atomic mass is 79.9. The molecule has 0 spiro atoms. The Labute approximate surface area is 205 Å². The number of benzene rings is 2. The summed E-state index contributed by atoms with van der Waals surface area (Å²) in [5, 5.41) is 2.98. The maximum Gasteiger partial charge on any atom is 0.248 e. The van der Waals surface area contributed by atoms with E-state index in [-0.39, 0.29) is 17.7 Å². The Bertz CT molecular complexity index is 1020. The lowest BCUT2D eigenvalue weighted by molar-refractivity contribution is -0.134. The number of ether oxygens (including phenoxy) is 1. The number of amides is 2. The van der Waals surface area contributed by atoms with Gasteiger partial charge in [-0.15, -0.1) is 0 Å².